The van der Waals surface area contributed by atoms with Crippen molar-refractivity contribution in [2.75, 3.05) is 6.61 Å². The molecule has 0 unspecified atom stereocenters. The molecule has 0 bridgehead atoms. The first kappa shape index (κ1) is 19.8. The molecule has 0 rings (SSSR count). The molecule has 0 fully saturated rings. The quantitative estimate of drug-likeness (QED) is 0.568. The van der Waals surface area contributed by atoms with Crippen LogP contribution < -0.4 is 0 Å². The minimum Gasteiger partial charge on any atom is -0.464 e. The van der Waals surface area contributed by atoms with Gasteiger partial charge in [0.1, 0.15) is 0 Å². The fourth-order valence-corrected chi connectivity index (χ4v) is 1.32. The van der Waals surface area contributed by atoms with E-state index in [9.17, 15) is 44.3 Å². The molecule has 0 amide bonds. The molecular formula is C10H11F9O2. The highest BCUT2D eigenvalue weighted by Crippen LogP contribution is 2.59. The van der Waals surface area contributed by atoms with Gasteiger partial charge in [0.15, 0.2) is 0 Å². The fourth-order valence-electron chi connectivity index (χ4n) is 1.32. The van der Waals surface area contributed by atoms with Gasteiger partial charge < -0.3 is 4.74 Å². The summed E-state index contributed by atoms with van der Waals surface area (Å²) in [5.41, 5.74) is -6.55. The minimum absolute atomic E-state index is 0.185. The van der Waals surface area contributed by atoms with E-state index >= 15 is 0 Å². The molecule has 0 aliphatic rings. The highest BCUT2D eigenvalue weighted by atomic mass is 19.4. The lowest BCUT2D eigenvalue weighted by Crippen LogP contribution is -2.64. The number of carbonyl (C=O) groups is 1. The summed E-state index contributed by atoms with van der Waals surface area (Å²) in [6, 6.07) is 0. The number of hydrogen-bond acceptors (Lipinski definition) is 2. The van der Waals surface area contributed by atoms with Gasteiger partial charge in [-0.05, 0) is 12.3 Å². The van der Waals surface area contributed by atoms with Crippen LogP contribution in [-0.2, 0) is 9.53 Å². The molecule has 0 spiro atoms. The number of halogens is 9. The van der Waals surface area contributed by atoms with E-state index in [-0.39, 0.29) is 12.3 Å². The molecule has 0 atom stereocenters. The Bertz CT molecular complexity index is 328. The third kappa shape index (κ3) is 3.73. The van der Waals surface area contributed by atoms with Crippen LogP contribution in [0.4, 0.5) is 39.5 Å². The van der Waals surface area contributed by atoms with Gasteiger partial charge in [-0.2, -0.15) is 39.5 Å². The zero-order chi connectivity index (χ0) is 17.3. The maximum absolute atomic E-state index is 12.5. The van der Waals surface area contributed by atoms with Gasteiger partial charge in [-0.3, -0.25) is 4.79 Å². The lowest BCUT2D eigenvalue weighted by Gasteiger charge is -2.36. The number of carbonyl (C=O) groups excluding carboxylic acids is 1. The largest absolute Gasteiger partial charge is 0.464 e. The van der Waals surface area contributed by atoms with E-state index in [1.165, 1.54) is 13.8 Å². The molecule has 11 heteroatoms. The van der Waals surface area contributed by atoms with Crippen LogP contribution in [0.3, 0.4) is 0 Å². The number of ether oxygens (including phenoxy) is 1. The number of esters is 1. The van der Waals surface area contributed by atoms with Crippen LogP contribution in [0.2, 0.25) is 0 Å². The van der Waals surface area contributed by atoms with Gasteiger partial charge in [-0.15, -0.1) is 0 Å². The van der Waals surface area contributed by atoms with Crippen molar-refractivity contribution in [3.8, 4) is 0 Å². The minimum atomic E-state index is -6.93. The van der Waals surface area contributed by atoms with Gasteiger partial charge >= 0.3 is 29.9 Å². The maximum atomic E-state index is 12.5. The topological polar surface area (TPSA) is 26.3 Å². The van der Waals surface area contributed by atoms with Crippen molar-refractivity contribution < 1.29 is 49.0 Å². The third-order valence-corrected chi connectivity index (χ3v) is 2.51. The van der Waals surface area contributed by atoms with Crippen molar-refractivity contribution in [2.45, 2.75) is 38.8 Å². The average Bonchev–Trinajstić information content (AvgIpc) is 2.09. The molecular weight excluding hydrogens is 323 g/mol. The summed E-state index contributed by atoms with van der Waals surface area (Å²) in [5, 5.41) is 0. The van der Waals surface area contributed by atoms with Crippen LogP contribution in [0.15, 0.2) is 0 Å². The maximum Gasteiger partial charge on any atom is 0.422 e. The van der Waals surface area contributed by atoms with E-state index in [2.05, 4.69) is 4.74 Å². The van der Waals surface area contributed by atoms with Crippen molar-refractivity contribution in [1.29, 1.82) is 0 Å². The molecule has 0 aromatic rings. The predicted octanol–water partition coefficient (Wildman–Crippen LogP) is 4.25. The molecule has 126 valence electrons. The second kappa shape index (κ2) is 5.91. The lowest BCUT2D eigenvalue weighted by atomic mass is 9.85. The van der Waals surface area contributed by atoms with Crippen molar-refractivity contribution in [2.24, 2.45) is 11.3 Å². The molecule has 0 saturated heterocycles. The van der Waals surface area contributed by atoms with Gasteiger partial charge in [0.2, 0.25) is 0 Å². The van der Waals surface area contributed by atoms with Crippen LogP contribution in [0.5, 0.6) is 0 Å². The Hall–Kier alpha value is -1.16. The van der Waals surface area contributed by atoms with Crippen LogP contribution in [0.1, 0.15) is 20.3 Å². The summed E-state index contributed by atoms with van der Waals surface area (Å²) < 4.78 is 116. The molecule has 0 radical (unpaired) electrons. The van der Waals surface area contributed by atoms with E-state index in [4.69, 9.17) is 0 Å². The number of hydrogen-bond donors (Lipinski definition) is 0. The lowest BCUT2D eigenvalue weighted by molar-refractivity contribution is -0.412. The molecule has 0 N–H and O–H groups in total. The fraction of sp³-hybridized carbons (Fsp3) is 0.900. The first-order chi connectivity index (χ1) is 9.09. The van der Waals surface area contributed by atoms with Gasteiger partial charge in [-0.1, -0.05) is 13.8 Å². The van der Waals surface area contributed by atoms with E-state index in [0.717, 1.165) is 0 Å². The average molecular weight is 334 g/mol. The molecule has 2 nitrogen and oxygen atoms in total. The summed E-state index contributed by atoms with van der Waals surface area (Å²) in [6.45, 7) is 1.98. The monoisotopic (exact) mass is 334 g/mol. The summed E-state index contributed by atoms with van der Waals surface area (Å²) in [5.74, 6) is -3.72. The third-order valence-electron chi connectivity index (χ3n) is 2.51. The summed E-state index contributed by atoms with van der Waals surface area (Å²) >= 11 is 0. The Morgan fingerprint density at radius 1 is 0.857 bits per heavy atom. The molecule has 0 aromatic carbocycles. The van der Waals surface area contributed by atoms with Gasteiger partial charge in [0, 0.05) is 0 Å². The Balaban J connectivity index is 5.77. The second-order valence-corrected chi connectivity index (χ2v) is 4.56. The van der Waals surface area contributed by atoms with Crippen molar-refractivity contribution >= 4 is 5.97 Å². The summed E-state index contributed by atoms with van der Waals surface area (Å²) in [6.07, 6.45) is -21.0. The Labute approximate surface area is 113 Å². The summed E-state index contributed by atoms with van der Waals surface area (Å²) in [7, 11) is 0. The zero-order valence-corrected chi connectivity index (χ0v) is 10.7. The zero-order valence-electron chi connectivity index (χ0n) is 10.7. The van der Waals surface area contributed by atoms with E-state index < -0.39 is 36.5 Å². The normalized spacial score (nSPS) is 14.5. The SMILES string of the molecule is CC(C)CCOC(=O)C(C(F)(F)F)(C(F)(F)F)C(F)(F)F. The highest BCUT2D eigenvalue weighted by Gasteiger charge is 2.89. The Morgan fingerprint density at radius 3 is 1.43 bits per heavy atom. The van der Waals surface area contributed by atoms with Gasteiger partial charge in [0.05, 0.1) is 6.61 Å². The predicted molar refractivity (Wildman–Crippen MR) is 51.0 cm³/mol. The Morgan fingerprint density at radius 2 is 1.19 bits per heavy atom. The first-order valence-electron chi connectivity index (χ1n) is 5.46. The summed E-state index contributed by atoms with van der Waals surface area (Å²) in [4.78, 5) is 11.0. The van der Waals surface area contributed by atoms with Crippen LogP contribution in [0, 0.1) is 11.3 Å². The molecule has 0 heterocycles. The number of alkyl halides is 9. The van der Waals surface area contributed by atoms with E-state index in [0.29, 0.717) is 0 Å². The molecule has 0 aliphatic carbocycles. The first-order valence-corrected chi connectivity index (χ1v) is 5.46. The molecule has 0 aromatic heterocycles. The second-order valence-electron chi connectivity index (χ2n) is 4.56. The van der Waals surface area contributed by atoms with E-state index in [1.54, 1.807) is 0 Å². The molecule has 0 saturated carbocycles. The van der Waals surface area contributed by atoms with Crippen LogP contribution in [-0.4, -0.2) is 31.1 Å². The Kier molecular flexibility index (Phi) is 5.59. The molecule has 21 heavy (non-hydrogen) atoms. The number of rotatable bonds is 4. The standard InChI is InChI=1S/C10H11F9O2/c1-5(2)3-4-21-6(20)7(8(11,12)13,9(14,15)16)10(17,18)19/h5H,3-4H2,1-2H3. The van der Waals surface area contributed by atoms with Gasteiger partial charge in [0.25, 0.3) is 0 Å². The van der Waals surface area contributed by atoms with Gasteiger partial charge in [-0.25, -0.2) is 0 Å². The smallest absolute Gasteiger partial charge is 0.422 e. The van der Waals surface area contributed by atoms with Crippen molar-refractivity contribution in [1.82, 2.24) is 0 Å². The van der Waals surface area contributed by atoms with Crippen molar-refractivity contribution in [3.05, 3.63) is 0 Å². The van der Waals surface area contributed by atoms with Crippen molar-refractivity contribution in [3.63, 3.8) is 0 Å². The molecule has 0 aliphatic heterocycles. The van der Waals surface area contributed by atoms with Crippen LogP contribution >= 0.6 is 0 Å². The van der Waals surface area contributed by atoms with E-state index in [1.807, 2.05) is 0 Å². The van der Waals surface area contributed by atoms with Crippen LogP contribution in [0.25, 0.3) is 0 Å². The highest BCUT2D eigenvalue weighted by molar-refractivity contribution is 5.80.